The molecule has 0 fully saturated rings. The summed E-state index contributed by atoms with van der Waals surface area (Å²) in [6, 6.07) is 4.53. The Morgan fingerprint density at radius 1 is 1.47 bits per heavy atom. The SMILES string of the molecule is CCCOC(C(=O)CC)c1ccc(F)c(Br)c1. The quantitative estimate of drug-likeness (QED) is 0.793. The van der Waals surface area contributed by atoms with Gasteiger partial charge in [-0.3, -0.25) is 4.79 Å². The fourth-order valence-corrected chi connectivity index (χ4v) is 1.87. The molecular formula is C13H16BrFO2. The van der Waals surface area contributed by atoms with E-state index in [-0.39, 0.29) is 11.6 Å². The molecule has 0 aliphatic heterocycles. The predicted molar refractivity (Wildman–Crippen MR) is 68.4 cm³/mol. The van der Waals surface area contributed by atoms with Crippen LogP contribution in [0.4, 0.5) is 4.39 Å². The van der Waals surface area contributed by atoms with Crippen LogP contribution in [0.5, 0.6) is 0 Å². The van der Waals surface area contributed by atoms with Gasteiger partial charge in [-0.15, -0.1) is 0 Å². The number of rotatable bonds is 6. The van der Waals surface area contributed by atoms with Gasteiger partial charge in [-0.1, -0.05) is 19.9 Å². The van der Waals surface area contributed by atoms with Crippen LogP contribution < -0.4 is 0 Å². The molecule has 0 saturated carbocycles. The second kappa shape index (κ2) is 6.87. The number of ketones is 1. The first kappa shape index (κ1) is 14.3. The Morgan fingerprint density at radius 3 is 2.71 bits per heavy atom. The summed E-state index contributed by atoms with van der Waals surface area (Å²) in [4.78, 5) is 11.8. The lowest BCUT2D eigenvalue weighted by Crippen LogP contribution is -2.16. The lowest BCUT2D eigenvalue weighted by Gasteiger charge is -2.16. The van der Waals surface area contributed by atoms with Crippen LogP contribution in [0, 0.1) is 5.82 Å². The second-order valence-electron chi connectivity index (χ2n) is 3.74. The van der Waals surface area contributed by atoms with E-state index in [9.17, 15) is 9.18 Å². The third-order valence-electron chi connectivity index (χ3n) is 2.38. The number of carbonyl (C=O) groups excluding carboxylic acids is 1. The minimum Gasteiger partial charge on any atom is -0.366 e. The van der Waals surface area contributed by atoms with Gasteiger partial charge in [-0.2, -0.15) is 0 Å². The van der Waals surface area contributed by atoms with Crippen LogP contribution in [0.25, 0.3) is 0 Å². The van der Waals surface area contributed by atoms with Crippen LogP contribution in [0.3, 0.4) is 0 Å². The van der Waals surface area contributed by atoms with Gasteiger partial charge in [0.1, 0.15) is 11.9 Å². The van der Waals surface area contributed by atoms with Crippen molar-refractivity contribution < 1.29 is 13.9 Å². The molecule has 1 rings (SSSR count). The van der Waals surface area contributed by atoms with Gasteiger partial charge in [0.05, 0.1) is 4.47 Å². The Kier molecular flexibility index (Phi) is 5.78. The zero-order valence-electron chi connectivity index (χ0n) is 10.0. The average Bonchev–Trinajstić information content (AvgIpc) is 2.33. The number of ether oxygens (including phenoxy) is 1. The molecule has 1 atom stereocenters. The third-order valence-corrected chi connectivity index (χ3v) is 2.98. The Labute approximate surface area is 109 Å². The first-order valence-corrected chi connectivity index (χ1v) is 6.48. The van der Waals surface area contributed by atoms with Gasteiger partial charge in [-0.25, -0.2) is 4.39 Å². The van der Waals surface area contributed by atoms with Gasteiger partial charge in [0.2, 0.25) is 0 Å². The topological polar surface area (TPSA) is 26.3 Å². The van der Waals surface area contributed by atoms with Crippen molar-refractivity contribution in [2.24, 2.45) is 0 Å². The minimum absolute atomic E-state index is 0.0111. The van der Waals surface area contributed by atoms with Crippen molar-refractivity contribution in [3.05, 3.63) is 34.1 Å². The highest BCUT2D eigenvalue weighted by Gasteiger charge is 2.20. The highest BCUT2D eigenvalue weighted by molar-refractivity contribution is 9.10. The van der Waals surface area contributed by atoms with Crippen molar-refractivity contribution >= 4 is 21.7 Å². The van der Waals surface area contributed by atoms with Gasteiger partial charge in [0.25, 0.3) is 0 Å². The summed E-state index contributed by atoms with van der Waals surface area (Å²) in [5.41, 5.74) is 0.693. The van der Waals surface area contributed by atoms with Gasteiger partial charge < -0.3 is 4.74 Å². The molecular weight excluding hydrogens is 287 g/mol. The molecule has 0 aromatic heterocycles. The van der Waals surface area contributed by atoms with E-state index < -0.39 is 6.10 Å². The largest absolute Gasteiger partial charge is 0.366 e. The molecule has 94 valence electrons. The number of benzene rings is 1. The zero-order chi connectivity index (χ0) is 12.8. The standard InChI is InChI=1S/C13H16BrFO2/c1-3-7-17-13(12(16)4-2)9-5-6-11(15)10(14)8-9/h5-6,8,13H,3-4,7H2,1-2H3. The fourth-order valence-electron chi connectivity index (χ4n) is 1.47. The van der Waals surface area contributed by atoms with Crippen LogP contribution in [0.15, 0.2) is 22.7 Å². The summed E-state index contributed by atoms with van der Waals surface area (Å²) >= 11 is 3.11. The maximum absolute atomic E-state index is 13.1. The predicted octanol–water partition coefficient (Wildman–Crippen LogP) is 4.04. The molecule has 4 heteroatoms. The molecule has 0 heterocycles. The van der Waals surface area contributed by atoms with Crippen molar-refractivity contribution in [2.75, 3.05) is 6.61 Å². The fraction of sp³-hybridized carbons (Fsp3) is 0.462. The molecule has 1 unspecified atom stereocenters. The molecule has 0 spiro atoms. The summed E-state index contributed by atoms with van der Waals surface area (Å²) in [5, 5.41) is 0. The summed E-state index contributed by atoms with van der Waals surface area (Å²) in [6.45, 7) is 4.29. The minimum atomic E-state index is -0.586. The number of Topliss-reactive ketones (excluding diaryl/α,β-unsaturated/α-hetero) is 1. The number of hydrogen-bond donors (Lipinski definition) is 0. The molecule has 17 heavy (non-hydrogen) atoms. The maximum Gasteiger partial charge on any atom is 0.165 e. The van der Waals surface area contributed by atoms with Crippen molar-refractivity contribution in [1.29, 1.82) is 0 Å². The molecule has 0 radical (unpaired) electrons. The van der Waals surface area contributed by atoms with Gasteiger partial charge in [-0.05, 0) is 40.0 Å². The molecule has 0 amide bonds. The normalized spacial score (nSPS) is 12.5. The van der Waals surface area contributed by atoms with Crippen molar-refractivity contribution in [1.82, 2.24) is 0 Å². The van der Waals surface area contributed by atoms with Crippen LogP contribution in [0.2, 0.25) is 0 Å². The number of carbonyl (C=O) groups is 1. The summed E-state index contributed by atoms with van der Waals surface area (Å²) in [5.74, 6) is -0.330. The first-order chi connectivity index (χ1) is 8.10. The highest BCUT2D eigenvalue weighted by Crippen LogP contribution is 2.25. The number of hydrogen-bond acceptors (Lipinski definition) is 2. The molecule has 0 aliphatic rings. The van der Waals surface area contributed by atoms with Crippen molar-refractivity contribution in [3.63, 3.8) is 0 Å². The summed E-state index contributed by atoms with van der Waals surface area (Å²) in [6.07, 6.45) is 0.663. The van der Waals surface area contributed by atoms with E-state index in [1.54, 1.807) is 19.1 Å². The monoisotopic (exact) mass is 302 g/mol. The van der Waals surface area contributed by atoms with Crippen molar-refractivity contribution in [3.8, 4) is 0 Å². The molecule has 0 N–H and O–H groups in total. The van der Waals surface area contributed by atoms with E-state index in [4.69, 9.17) is 4.74 Å². The Bertz CT molecular complexity index is 393. The van der Waals surface area contributed by atoms with Crippen LogP contribution in [-0.4, -0.2) is 12.4 Å². The van der Waals surface area contributed by atoms with E-state index in [0.29, 0.717) is 23.1 Å². The zero-order valence-corrected chi connectivity index (χ0v) is 11.6. The smallest absolute Gasteiger partial charge is 0.165 e. The van der Waals surface area contributed by atoms with E-state index in [1.165, 1.54) is 6.07 Å². The average molecular weight is 303 g/mol. The molecule has 0 aliphatic carbocycles. The first-order valence-electron chi connectivity index (χ1n) is 5.69. The number of halogens is 2. The van der Waals surface area contributed by atoms with Crippen LogP contribution in [-0.2, 0) is 9.53 Å². The molecule has 0 saturated heterocycles. The van der Waals surface area contributed by atoms with E-state index in [0.717, 1.165) is 6.42 Å². The Morgan fingerprint density at radius 2 is 2.18 bits per heavy atom. The lowest BCUT2D eigenvalue weighted by atomic mass is 10.0. The summed E-state index contributed by atoms with van der Waals surface area (Å²) in [7, 11) is 0. The van der Waals surface area contributed by atoms with E-state index in [2.05, 4.69) is 15.9 Å². The van der Waals surface area contributed by atoms with Crippen molar-refractivity contribution in [2.45, 2.75) is 32.8 Å². The Balaban J connectivity index is 2.95. The summed E-state index contributed by atoms with van der Waals surface area (Å²) < 4.78 is 19.0. The molecule has 0 bridgehead atoms. The second-order valence-corrected chi connectivity index (χ2v) is 4.60. The van der Waals surface area contributed by atoms with Crippen LogP contribution >= 0.6 is 15.9 Å². The van der Waals surface area contributed by atoms with Gasteiger partial charge >= 0.3 is 0 Å². The molecule has 2 nitrogen and oxygen atoms in total. The highest BCUT2D eigenvalue weighted by atomic mass is 79.9. The van der Waals surface area contributed by atoms with Crippen LogP contribution in [0.1, 0.15) is 38.4 Å². The van der Waals surface area contributed by atoms with E-state index >= 15 is 0 Å². The van der Waals surface area contributed by atoms with Gasteiger partial charge in [0, 0.05) is 13.0 Å². The lowest BCUT2D eigenvalue weighted by molar-refractivity contribution is -0.130. The third kappa shape index (κ3) is 3.89. The maximum atomic E-state index is 13.1. The van der Waals surface area contributed by atoms with Gasteiger partial charge in [0.15, 0.2) is 5.78 Å². The Hall–Kier alpha value is -0.740. The molecule has 1 aromatic carbocycles. The molecule has 1 aromatic rings. The van der Waals surface area contributed by atoms with E-state index in [1.807, 2.05) is 6.92 Å².